The van der Waals surface area contributed by atoms with Gasteiger partial charge in [0.25, 0.3) is 11.8 Å². The molecule has 1 aliphatic rings. The molecule has 27 heavy (non-hydrogen) atoms. The van der Waals surface area contributed by atoms with Gasteiger partial charge in [-0.05, 0) is 60.2 Å². The largest absolute Gasteiger partial charge is 0.332 e. The normalized spacial score (nSPS) is 16.3. The summed E-state index contributed by atoms with van der Waals surface area (Å²) in [6.45, 7) is 0.745. The summed E-state index contributed by atoms with van der Waals surface area (Å²) in [7, 11) is 0. The van der Waals surface area contributed by atoms with Crippen LogP contribution in [0.2, 0.25) is 0 Å². The molecule has 1 aromatic carbocycles. The number of thiophene rings is 1. The molecule has 1 atom stereocenters. The molecule has 0 spiro atoms. The van der Waals surface area contributed by atoms with Gasteiger partial charge in [-0.3, -0.25) is 14.6 Å². The van der Waals surface area contributed by atoms with Crippen LogP contribution in [0.3, 0.4) is 0 Å². The van der Waals surface area contributed by atoms with Crippen molar-refractivity contribution in [1.82, 2.24) is 9.88 Å². The maximum absolute atomic E-state index is 13.0. The van der Waals surface area contributed by atoms with Crippen molar-refractivity contribution in [2.24, 2.45) is 0 Å². The fourth-order valence-electron chi connectivity index (χ4n) is 3.39. The summed E-state index contributed by atoms with van der Waals surface area (Å²) in [5.41, 5.74) is 2.37. The Bertz CT molecular complexity index is 924. The van der Waals surface area contributed by atoms with E-state index in [1.54, 1.807) is 36.5 Å². The predicted octanol–water partition coefficient (Wildman–Crippen LogP) is 4.37. The van der Waals surface area contributed by atoms with E-state index in [-0.39, 0.29) is 17.9 Å². The highest BCUT2D eigenvalue weighted by Gasteiger charge is 2.30. The average molecular weight is 377 g/mol. The fourth-order valence-corrected chi connectivity index (χ4v) is 4.01. The van der Waals surface area contributed by atoms with E-state index in [1.165, 1.54) is 11.3 Å². The van der Waals surface area contributed by atoms with Gasteiger partial charge in [-0.1, -0.05) is 12.1 Å². The summed E-state index contributed by atoms with van der Waals surface area (Å²) in [5.74, 6) is -0.127. The summed E-state index contributed by atoms with van der Waals surface area (Å²) >= 11 is 1.40. The number of nitrogens with one attached hydrogen (secondary N) is 1. The molecular weight excluding hydrogens is 358 g/mol. The molecule has 3 aromatic rings. The minimum absolute atomic E-state index is 0.0116. The van der Waals surface area contributed by atoms with Crippen LogP contribution in [-0.2, 0) is 0 Å². The number of nitrogens with zero attached hydrogens (tertiary/aromatic N) is 2. The third kappa shape index (κ3) is 3.75. The third-order valence-corrected chi connectivity index (χ3v) is 5.59. The van der Waals surface area contributed by atoms with Gasteiger partial charge in [-0.2, -0.15) is 0 Å². The summed E-state index contributed by atoms with van der Waals surface area (Å²) < 4.78 is 0. The number of amides is 2. The van der Waals surface area contributed by atoms with Crippen LogP contribution < -0.4 is 5.32 Å². The van der Waals surface area contributed by atoms with Gasteiger partial charge in [0.15, 0.2) is 0 Å². The second kappa shape index (κ2) is 7.72. The number of carbonyl (C=O) groups excluding carboxylic acids is 2. The Morgan fingerprint density at radius 3 is 2.67 bits per heavy atom. The van der Waals surface area contributed by atoms with Crippen LogP contribution >= 0.6 is 11.3 Å². The number of pyridine rings is 1. The highest BCUT2D eigenvalue weighted by molar-refractivity contribution is 7.12. The Morgan fingerprint density at radius 1 is 1.11 bits per heavy atom. The summed E-state index contributed by atoms with van der Waals surface area (Å²) in [4.78, 5) is 31.8. The first kappa shape index (κ1) is 17.4. The van der Waals surface area contributed by atoms with Crippen molar-refractivity contribution in [2.45, 2.75) is 18.9 Å². The molecule has 0 radical (unpaired) electrons. The Kier molecular flexibility index (Phi) is 4.98. The highest BCUT2D eigenvalue weighted by atomic mass is 32.1. The minimum Gasteiger partial charge on any atom is -0.332 e. The van der Waals surface area contributed by atoms with E-state index in [9.17, 15) is 9.59 Å². The highest BCUT2D eigenvalue weighted by Crippen LogP contribution is 2.32. The van der Waals surface area contributed by atoms with Crippen molar-refractivity contribution >= 4 is 28.8 Å². The zero-order valence-electron chi connectivity index (χ0n) is 14.7. The molecule has 136 valence electrons. The third-order valence-electron chi connectivity index (χ3n) is 4.72. The summed E-state index contributed by atoms with van der Waals surface area (Å²) in [6.07, 6.45) is 5.51. The quantitative estimate of drug-likeness (QED) is 0.734. The molecule has 1 fully saturated rings. The lowest BCUT2D eigenvalue weighted by Gasteiger charge is -2.25. The Labute approximate surface area is 161 Å². The molecule has 1 unspecified atom stereocenters. The molecule has 1 saturated heterocycles. The van der Waals surface area contributed by atoms with Crippen LogP contribution in [0.25, 0.3) is 0 Å². The van der Waals surface area contributed by atoms with E-state index in [2.05, 4.69) is 10.3 Å². The zero-order chi connectivity index (χ0) is 18.6. The van der Waals surface area contributed by atoms with E-state index in [4.69, 9.17) is 0 Å². The van der Waals surface area contributed by atoms with Crippen LogP contribution in [0, 0.1) is 0 Å². The van der Waals surface area contributed by atoms with E-state index in [0.717, 1.165) is 24.9 Å². The number of hydrogen-bond acceptors (Lipinski definition) is 4. The van der Waals surface area contributed by atoms with Gasteiger partial charge in [0.05, 0.1) is 10.9 Å². The van der Waals surface area contributed by atoms with Crippen molar-refractivity contribution in [3.05, 3.63) is 82.3 Å². The lowest BCUT2D eigenvalue weighted by molar-refractivity contribution is 0.0735. The fraction of sp³-hybridized carbons (Fsp3) is 0.190. The monoisotopic (exact) mass is 377 g/mol. The number of benzene rings is 1. The van der Waals surface area contributed by atoms with E-state index >= 15 is 0 Å². The second-order valence-corrected chi connectivity index (χ2v) is 7.40. The van der Waals surface area contributed by atoms with Crippen LogP contribution in [0.1, 0.15) is 44.5 Å². The standard InChI is InChI=1S/C21H19N3O2S/c25-20(19-6-3-13-27-19)23-17-9-7-15(8-10-17)21(26)24-12-2-5-18(24)16-4-1-11-22-14-16/h1,3-4,6-11,13-14,18H,2,5,12H2,(H,23,25). The average Bonchev–Trinajstić information content (AvgIpc) is 3.41. The first-order chi connectivity index (χ1) is 13.2. The number of rotatable bonds is 4. The molecule has 3 heterocycles. The van der Waals surface area contributed by atoms with Crippen molar-refractivity contribution in [3.63, 3.8) is 0 Å². The zero-order valence-corrected chi connectivity index (χ0v) is 15.5. The van der Waals surface area contributed by atoms with Crippen molar-refractivity contribution in [3.8, 4) is 0 Å². The Hall–Kier alpha value is -2.99. The van der Waals surface area contributed by atoms with Gasteiger partial charge in [-0.15, -0.1) is 11.3 Å². The van der Waals surface area contributed by atoms with Gasteiger partial charge in [0.2, 0.25) is 0 Å². The number of aromatic nitrogens is 1. The maximum atomic E-state index is 13.0. The van der Waals surface area contributed by atoms with Gasteiger partial charge in [0.1, 0.15) is 0 Å². The Morgan fingerprint density at radius 2 is 1.96 bits per heavy atom. The van der Waals surface area contributed by atoms with E-state index in [0.29, 0.717) is 16.1 Å². The maximum Gasteiger partial charge on any atom is 0.265 e. The van der Waals surface area contributed by atoms with Crippen molar-refractivity contribution in [1.29, 1.82) is 0 Å². The van der Waals surface area contributed by atoms with Crippen LogP contribution in [-0.4, -0.2) is 28.2 Å². The van der Waals surface area contributed by atoms with Crippen LogP contribution in [0.4, 0.5) is 5.69 Å². The first-order valence-electron chi connectivity index (χ1n) is 8.88. The molecule has 5 nitrogen and oxygen atoms in total. The number of hydrogen-bond donors (Lipinski definition) is 1. The van der Waals surface area contributed by atoms with Gasteiger partial charge >= 0.3 is 0 Å². The SMILES string of the molecule is O=C(Nc1ccc(C(=O)N2CCCC2c2cccnc2)cc1)c1cccs1. The molecule has 1 N–H and O–H groups in total. The van der Waals surface area contributed by atoms with E-state index < -0.39 is 0 Å². The van der Waals surface area contributed by atoms with Gasteiger partial charge in [0, 0.05) is 30.2 Å². The van der Waals surface area contributed by atoms with Crippen molar-refractivity contribution in [2.75, 3.05) is 11.9 Å². The van der Waals surface area contributed by atoms with Gasteiger partial charge < -0.3 is 10.2 Å². The summed E-state index contributed by atoms with van der Waals surface area (Å²) in [6, 6.07) is 14.7. The number of likely N-dealkylation sites (tertiary alicyclic amines) is 1. The molecule has 0 saturated carbocycles. The van der Waals surface area contributed by atoms with Crippen molar-refractivity contribution < 1.29 is 9.59 Å². The Balaban J connectivity index is 1.47. The molecule has 0 bridgehead atoms. The summed E-state index contributed by atoms with van der Waals surface area (Å²) in [5, 5.41) is 4.72. The smallest absolute Gasteiger partial charge is 0.265 e. The lowest BCUT2D eigenvalue weighted by atomic mass is 10.1. The lowest BCUT2D eigenvalue weighted by Crippen LogP contribution is -2.30. The predicted molar refractivity (Wildman–Crippen MR) is 106 cm³/mol. The molecule has 0 aliphatic carbocycles. The van der Waals surface area contributed by atoms with Crippen LogP contribution in [0.15, 0.2) is 66.3 Å². The minimum atomic E-state index is -0.139. The molecular formula is C21H19N3O2S. The second-order valence-electron chi connectivity index (χ2n) is 6.45. The molecule has 4 rings (SSSR count). The molecule has 6 heteroatoms. The topological polar surface area (TPSA) is 62.3 Å². The number of carbonyl (C=O) groups is 2. The molecule has 2 amide bonds. The first-order valence-corrected chi connectivity index (χ1v) is 9.76. The van der Waals surface area contributed by atoms with Gasteiger partial charge in [-0.25, -0.2) is 0 Å². The molecule has 1 aliphatic heterocycles. The van der Waals surface area contributed by atoms with E-state index in [1.807, 2.05) is 34.7 Å². The number of anilines is 1. The van der Waals surface area contributed by atoms with Crippen LogP contribution in [0.5, 0.6) is 0 Å². The molecule has 2 aromatic heterocycles.